The molecule has 2 aromatic carbocycles. The van der Waals surface area contributed by atoms with Gasteiger partial charge in [-0.15, -0.1) is 0 Å². The molecule has 0 aliphatic carbocycles. The number of esters is 1. The maximum absolute atomic E-state index is 14.1. The Balaban J connectivity index is 1.79. The molecule has 0 aromatic heterocycles. The molecular formula is C34H41Cl3N2O7. The lowest BCUT2D eigenvalue weighted by molar-refractivity contribution is -0.141. The second-order valence-electron chi connectivity index (χ2n) is 13.0. The van der Waals surface area contributed by atoms with Gasteiger partial charge in [0.05, 0.1) is 17.7 Å². The lowest BCUT2D eigenvalue weighted by atomic mass is 9.82. The molecule has 0 unspecified atom stereocenters. The topological polar surface area (TPSA) is 106 Å². The number of fused-ring (bicyclic) bond motifs is 2. The zero-order chi connectivity index (χ0) is 33.9. The summed E-state index contributed by atoms with van der Waals surface area (Å²) in [5.74, 6) is -0.629. The number of carbonyl (C=O) groups is 3. The fraction of sp³-hybridized carbons (Fsp3) is 0.500. The third-order valence-corrected chi connectivity index (χ3v) is 9.26. The summed E-state index contributed by atoms with van der Waals surface area (Å²) in [6.07, 6.45) is 0.194. The number of ether oxygens (including phenoxy) is 3. The van der Waals surface area contributed by atoms with Gasteiger partial charge in [-0.25, -0.2) is 14.4 Å². The van der Waals surface area contributed by atoms with Gasteiger partial charge in [0, 0.05) is 19.7 Å². The molecule has 0 saturated carbocycles. The summed E-state index contributed by atoms with van der Waals surface area (Å²) in [5, 5.41) is 9.25. The normalized spacial score (nSPS) is 18.7. The highest BCUT2D eigenvalue weighted by molar-refractivity contribution is 6.68. The molecular weight excluding hydrogens is 655 g/mol. The van der Waals surface area contributed by atoms with Crippen LogP contribution in [0.25, 0.3) is 5.57 Å². The highest BCUT2D eigenvalue weighted by Gasteiger charge is 2.52. The molecule has 1 saturated heterocycles. The second-order valence-corrected chi connectivity index (χ2v) is 15.3. The van der Waals surface area contributed by atoms with Crippen molar-refractivity contribution in [3.05, 3.63) is 76.9 Å². The third-order valence-electron chi connectivity index (χ3n) is 7.90. The molecule has 4 rings (SSSR count). The van der Waals surface area contributed by atoms with Crippen LogP contribution < -0.4 is 0 Å². The first kappa shape index (κ1) is 35.9. The summed E-state index contributed by atoms with van der Waals surface area (Å²) >= 11 is 18.4. The van der Waals surface area contributed by atoms with Crippen LogP contribution in [0.2, 0.25) is 0 Å². The highest BCUT2D eigenvalue weighted by Crippen LogP contribution is 2.43. The summed E-state index contributed by atoms with van der Waals surface area (Å²) in [4.78, 5) is 44.3. The number of amides is 2. The van der Waals surface area contributed by atoms with Crippen molar-refractivity contribution >= 4 is 58.5 Å². The van der Waals surface area contributed by atoms with Gasteiger partial charge in [0.15, 0.2) is 5.60 Å². The largest absolute Gasteiger partial charge is 0.457 e. The maximum atomic E-state index is 14.1. The van der Waals surface area contributed by atoms with Gasteiger partial charge in [-0.05, 0) is 76.1 Å². The number of aryl methyl sites for hydroxylation is 1. The molecule has 0 radical (unpaired) electrons. The minimum absolute atomic E-state index is 0.00716. The van der Waals surface area contributed by atoms with Gasteiger partial charge in [0.2, 0.25) is 3.79 Å². The quantitative estimate of drug-likeness (QED) is 0.179. The molecule has 1 N–H and O–H groups in total. The second kappa shape index (κ2) is 14.4. The lowest BCUT2D eigenvalue weighted by Crippen LogP contribution is -2.66. The number of piperazine rings is 1. The molecule has 250 valence electrons. The maximum Gasteiger partial charge on any atom is 0.411 e. The minimum atomic E-state index is -1.94. The van der Waals surface area contributed by atoms with Gasteiger partial charge in [-0.3, -0.25) is 4.90 Å². The van der Waals surface area contributed by atoms with Gasteiger partial charge in [0.1, 0.15) is 12.2 Å². The van der Waals surface area contributed by atoms with E-state index in [9.17, 15) is 19.5 Å². The Labute approximate surface area is 285 Å². The molecule has 2 bridgehead atoms. The zero-order valence-corrected chi connectivity index (χ0v) is 29.0. The number of halogens is 3. The fourth-order valence-corrected chi connectivity index (χ4v) is 5.59. The number of aliphatic hydroxyl groups excluding tert-OH is 1. The SMILES string of the molecule is CC(C)(C)OC(=O)N1C[C@H]2CC(c3ccc(CCCO)cc3)=C(C(=O)OCc3ccccc3)[C@@H](C1)N2C(=O)OC(C)(C)C(Cl)(Cl)Cl. The van der Waals surface area contributed by atoms with E-state index in [1.54, 1.807) is 20.8 Å². The fourth-order valence-electron chi connectivity index (χ4n) is 5.48. The smallest absolute Gasteiger partial charge is 0.411 e. The summed E-state index contributed by atoms with van der Waals surface area (Å²) < 4.78 is 15.3. The van der Waals surface area contributed by atoms with Gasteiger partial charge in [-0.2, -0.15) is 0 Å². The number of nitrogens with zero attached hydrogens (tertiary/aromatic N) is 2. The van der Waals surface area contributed by atoms with Crippen LogP contribution in [0.3, 0.4) is 0 Å². The van der Waals surface area contributed by atoms with Crippen LogP contribution in [0.1, 0.15) is 64.2 Å². The van der Waals surface area contributed by atoms with Gasteiger partial charge in [0.25, 0.3) is 0 Å². The van der Waals surface area contributed by atoms with Crippen molar-refractivity contribution in [1.29, 1.82) is 0 Å². The molecule has 0 spiro atoms. The molecule has 12 heteroatoms. The van der Waals surface area contributed by atoms with Crippen molar-refractivity contribution < 1.29 is 33.7 Å². The summed E-state index contributed by atoms with van der Waals surface area (Å²) in [5.41, 5.74) is 1.28. The van der Waals surface area contributed by atoms with Crippen LogP contribution in [-0.4, -0.2) is 79.8 Å². The average Bonchev–Trinajstić information content (AvgIpc) is 2.97. The number of carbonyl (C=O) groups excluding carboxylic acids is 3. The van der Waals surface area contributed by atoms with E-state index in [-0.39, 0.29) is 38.3 Å². The van der Waals surface area contributed by atoms with E-state index < -0.39 is 45.2 Å². The molecule has 2 atom stereocenters. The Morgan fingerprint density at radius 3 is 2.11 bits per heavy atom. The van der Waals surface area contributed by atoms with Crippen molar-refractivity contribution in [1.82, 2.24) is 9.80 Å². The average molecular weight is 696 g/mol. The van der Waals surface area contributed by atoms with Crippen LogP contribution in [0.4, 0.5) is 9.59 Å². The minimum Gasteiger partial charge on any atom is -0.457 e. The predicted octanol–water partition coefficient (Wildman–Crippen LogP) is 7.09. The van der Waals surface area contributed by atoms with Gasteiger partial charge < -0.3 is 24.2 Å². The van der Waals surface area contributed by atoms with E-state index in [0.29, 0.717) is 18.4 Å². The van der Waals surface area contributed by atoms with Crippen molar-refractivity contribution in [2.24, 2.45) is 0 Å². The van der Waals surface area contributed by atoms with E-state index in [4.69, 9.17) is 49.0 Å². The van der Waals surface area contributed by atoms with Gasteiger partial charge >= 0.3 is 18.2 Å². The standard InChI is InChI=1S/C34H41Cl3N2O7/c1-32(2,3)45-30(42)38-19-25-18-26(24-15-13-22(14-16-24)12-9-17-40)28(29(41)44-21-23-10-7-6-8-11-23)27(20-38)39(25)31(43)46-33(4,5)34(35,36)37/h6-8,10-11,13-16,25,27,40H,9,12,17-21H2,1-5H3/t25-,27-/m1/s1. The first-order valence-electron chi connectivity index (χ1n) is 15.2. The number of rotatable bonds is 8. The Kier molecular flexibility index (Phi) is 11.2. The molecule has 1 fully saturated rings. The van der Waals surface area contributed by atoms with Crippen LogP contribution in [0.15, 0.2) is 60.2 Å². The number of benzene rings is 2. The molecule has 2 heterocycles. The van der Waals surface area contributed by atoms with Crippen molar-refractivity contribution in [3.63, 3.8) is 0 Å². The third kappa shape index (κ3) is 8.68. The molecule has 9 nitrogen and oxygen atoms in total. The van der Waals surface area contributed by atoms with E-state index in [1.807, 2.05) is 54.6 Å². The number of hydrogen-bond acceptors (Lipinski definition) is 7. The summed E-state index contributed by atoms with van der Waals surface area (Å²) in [6, 6.07) is 15.5. The van der Waals surface area contributed by atoms with Crippen LogP contribution in [-0.2, 0) is 32.0 Å². The molecule has 2 amide bonds. The monoisotopic (exact) mass is 694 g/mol. The van der Waals surface area contributed by atoms with Crippen LogP contribution in [0, 0.1) is 0 Å². The van der Waals surface area contributed by atoms with E-state index >= 15 is 0 Å². The first-order valence-corrected chi connectivity index (χ1v) is 16.3. The molecule has 46 heavy (non-hydrogen) atoms. The number of alkyl halides is 3. The van der Waals surface area contributed by atoms with Crippen LogP contribution >= 0.6 is 34.8 Å². The lowest BCUT2D eigenvalue weighted by Gasteiger charge is -2.50. The molecule has 2 aliphatic rings. The van der Waals surface area contributed by atoms with Crippen LogP contribution in [0.5, 0.6) is 0 Å². The highest BCUT2D eigenvalue weighted by atomic mass is 35.6. The van der Waals surface area contributed by atoms with E-state index in [0.717, 1.165) is 16.7 Å². The van der Waals surface area contributed by atoms with Crippen molar-refractivity contribution in [2.75, 3.05) is 19.7 Å². The first-order chi connectivity index (χ1) is 21.5. The molecule has 2 aliphatic heterocycles. The summed E-state index contributed by atoms with van der Waals surface area (Å²) in [6.45, 7) is 8.45. The molecule has 2 aromatic rings. The summed E-state index contributed by atoms with van der Waals surface area (Å²) in [7, 11) is 0. The van der Waals surface area contributed by atoms with Crippen molar-refractivity contribution in [3.8, 4) is 0 Å². The van der Waals surface area contributed by atoms with Gasteiger partial charge in [-0.1, -0.05) is 89.4 Å². The Hall–Kier alpha value is -2.98. The number of aliphatic hydroxyl groups is 1. The Bertz CT molecular complexity index is 1430. The van der Waals surface area contributed by atoms with E-state index in [2.05, 4.69) is 0 Å². The zero-order valence-electron chi connectivity index (χ0n) is 26.7. The Morgan fingerprint density at radius 1 is 0.870 bits per heavy atom. The predicted molar refractivity (Wildman–Crippen MR) is 178 cm³/mol. The Morgan fingerprint density at radius 2 is 1.52 bits per heavy atom. The number of hydrogen-bond donors (Lipinski definition) is 1. The van der Waals surface area contributed by atoms with Crippen molar-refractivity contribution in [2.45, 2.75) is 87.6 Å². The van der Waals surface area contributed by atoms with E-state index in [1.165, 1.54) is 23.6 Å².